The number of nitrogens with zero attached hydrogens (tertiary/aromatic N) is 1. The van der Waals surface area contributed by atoms with E-state index in [0.29, 0.717) is 18.7 Å². The highest BCUT2D eigenvalue weighted by molar-refractivity contribution is 5.94. The number of likely N-dealkylation sites (tertiary alicyclic amines) is 1. The number of benzene rings is 3. The van der Waals surface area contributed by atoms with Crippen molar-refractivity contribution in [1.29, 1.82) is 0 Å². The minimum Gasteiger partial charge on any atom is -0.482 e. The van der Waals surface area contributed by atoms with Crippen molar-refractivity contribution in [1.82, 2.24) is 4.90 Å². The molecule has 0 saturated carbocycles. The number of ether oxygens (including phenoxy) is 1. The number of rotatable bonds is 2. The van der Waals surface area contributed by atoms with Crippen LogP contribution in [0.1, 0.15) is 28.8 Å². The van der Waals surface area contributed by atoms with Crippen LogP contribution in [-0.4, -0.2) is 29.5 Å². The second kappa shape index (κ2) is 7.45. The highest BCUT2D eigenvalue weighted by atomic mass is 19.1. The Morgan fingerprint density at radius 3 is 2.37 bits per heavy atom. The molecule has 0 bridgehead atoms. The van der Waals surface area contributed by atoms with Gasteiger partial charge in [-0.15, -0.1) is 0 Å². The summed E-state index contributed by atoms with van der Waals surface area (Å²) >= 11 is 0. The predicted molar refractivity (Wildman–Crippen MR) is 116 cm³/mol. The summed E-state index contributed by atoms with van der Waals surface area (Å²) in [7, 11) is 0. The van der Waals surface area contributed by atoms with Crippen LogP contribution in [0.2, 0.25) is 0 Å². The van der Waals surface area contributed by atoms with E-state index in [-0.39, 0.29) is 17.3 Å². The molecule has 2 aliphatic rings. The first kappa shape index (κ1) is 18.6. The highest BCUT2D eigenvalue weighted by Crippen LogP contribution is 2.39. The van der Waals surface area contributed by atoms with Crippen molar-refractivity contribution in [3.63, 3.8) is 0 Å². The van der Waals surface area contributed by atoms with Gasteiger partial charge in [0.2, 0.25) is 0 Å². The topological polar surface area (TPSA) is 29.5 Å². The van der Waals surface area contributed by atoms with Crippen LogP contribution in [0.3, 0.4) is 0 Å². The summed E-state index contributed by atoms with van der Waals surface area (Å²) in [5.74, 6) is 0.493. The van der Waals surface area contributed by atoms with Gasteiger partial charge in [-0.2, -0.15) is 0 Å². The number of hydrogen-bond acceptors (Lipinski definition) is 2. The zero-order valence-electron chi connectivity index (χ0n) is 16.6. The van der Waals surface area contributed by atoms with Gasteiger partial charge in [0, 0.05) is 37.1 Å². The van der Waals surface area contributed by atoms with Gasteiger partial charge in [-0.25, -0.2) is 4.39 Å². The molecule has 0 aromatic heterocycles. The van der Waals surface area contributed by atoms with Gasteiger partial charge in [0.05, 0.1) is 0 Å². The SMILES string of the molecule is O=C(c1ccc(F)cc1)N1CCC2(C=Cc3cc(-c4ccccc4)ccc3O2)CC1. The second-order valence-corrected chi connectivity index (χ2v) is 7.92. The zero-order chi connectivity index (χ0) is 20.6. The summed E-state index contributed by atoms with van der Waals surface area (Å²) in [5.41, 5.74) is 3.57. The molecule has 3 nitrogen and oxygen atoms in total. The van der Waals surface area contributed by atoms with E-state index in [0.717, 1.165) is 24.2 Å². The minimum atomic E-state index is -0.374. The van der Waals surface area contributed by atoms with E-state index >= 15 is 0 Å². The largest absolute Gasteiger partial charge is 0.482 e. The molecule has 3 aromatic rings. The van der Waals surface area contributed by atoms with E-state index in [4.69, 9.17) is 4.74 Å². The Hall–Kier alpha value is -3.40. The van der Waals surface area contributed by atoms with Crippen molar-refractivity contribution in [2.75, 3.05) is 13.1 Å². The minimum absolute atomic E-state index is 0.0578. The lowest BCUT2D eigenvalue weighted by Crippen LogP contribution is -2.49. The molecule has 30 heavy (non-hydrogen) atoms. The van der Waals surface area contributed by atoms with Crippen molar-refractivity contribution in [3.05, 3.63) is 95.8 Å². The molecule has 0 radical (unpaired) electrons. The Kier molecular flexibility index (Phi) is 4.62. The molecular formula is C26H22FNO2. The third kappa shape index (κ3) is 3.50. The number of piperidine rings is 1. The first-order valence-corrected chi connectivity index (χ1v) is 10.2. The van der Waals surface area contributed by atoms with Gasteiger partial charge in [-0.05, 0) is 53.6 Å². The van der Waals surface area contributed by atoms with E-state index in [1.54, 1.807) is 12.1 Å². The second-order valence-electron chi connectivity index (χ2n) is 7.92. The van der Waals surface area contributed by atoms with Crippen LogP contribution in [0.5, 0.6) is 5.75 Å². The maximum absolute atomic E-state index is 13.1. The van der Waals surface area contributed by atoms with E-state index in [2.05, 4.69) is 36.4 Å². The number of hydrogen-bond donors (Lipinski definition) is 0. The quantitative estimate of drug-likeness (QED) is 0.564. The van der Waals surface area contributed by atoms with Crippen LogP contribution in [0.15, 0.2) is 78.9 Å². The Labute approximate surface area is 175 Å². The summed E-state index contributed by atoms with van der Waals surface area (Å²) in [6.07, 6.45) is 5.75. The van der Waals surface area contributed by atoms with Crippen LogP contribution in [-0.2, 0) is 0 Å². The van der Waals surface area contributed by atoms with Crippen molar-refractivity contribution >= 4 is 12.0 Å². The van der Waals surface area contributed by atoms with Gasteiger partial charge < -0.3 is 9.64 Å². The van der Waals surface area contributed by atoms with Gasteiger partial charge >= 0.3 is 0 Å². The molecule has 3 aromatic carbocycles. The lowest BCUT2D eigenvalue weighted by atomic mass is 9.87. The summed E-state index contributed by atoms with van der Waals surface area (Å²) in [5, 5.41) is 0. The molecular weight excluding hydrogens is 377 g/mol. The molecule has 150 valence electrons. The Morgan fingerprint density at radius 1 is 0.900 bits per heavy atom. The van der Waals surface area contributed by atoms with Crippen molar-refractivity contribution in [3.8, 4) is 16.9 Å². The lowest BCUT2D eigenvalue weighted by Gasteiger charge is -2.42. The maximum atomic E-state index is 13.1. The van der Waals surface area contributed by atoms with Crippen molar-refractivity contribution < 1.29 is 13.9 Å². The molecule has 1 fully saturated rings. The highest BCUT2D eigenvalue weighted by Gasteiger charge is 2.38. The third-order valence-corrected chi connectivity index (χ3v) is 5.98. The van der Waals surface area contributed by atoms with E-state index in [1.165, 1.54) is 23.3 Å². The molecule has 0 atom stereocenters. The smallest absolute Gasteiger partial charge is 0.253 e. The predicted octanol–water partition coefficient (Wildman–Crippen LogP) is 5.57. The Balaban J connectivity index is 1.29. The fraction of sp³-hybridized carbons (Fsp3) is 0.192. The number of amides is 1. The van der Waals surface area contributed by atoms with Crippen LogP contribution >= 0.6 is 0 Å². The average Bonchev–Trinajstić information content (AvgIpc) is 2.80. The van der Waals surface area contributed by atoms with Crippen molar-refractivity contribution in [2.24, 2.45) is 0 Å². The molecule has 2 heterocycles. The first-order chi connectivity index (χ1) is 14.6. The summed E-state index contributed by atoms with van der Waals surface area (Å²) in [4.78, 5) is 14.5. The van der Waals surface area contributed by atoms with Gasteiger partial charge in [-0.1, -0.05) is 42.5 Å². The molecule has 1 saturated heterocycles. The van der Waals surface area contributed by atoms with Gasteiger partial charge in [0.25, 0.3) is 5.91 Å². The van der Waals surface area contributed by atoms with Crippen LogP contribution < -0.4 is 4.74 Å². The molecule has 0 N–H and O–H groups in total. The summed E-state index contributed by atoms with van der Waals surface area (Å²) < 4.78 is 19.6. The number of carbonyl (C=O) groups is 1. The van der Waals surface area contributed by atoms with E-state index < -0.39 is 0 Å². The monoisotopic (exact) mass is 399 g/mol. The standard InChI is InChI=1S/C26H22FNO2/c27-23-9-6-20(7-10-23)25(29)28-16-14-26(15-17-28)13-12-22-18-21(8-11-24(22)30-26)19-4-2-1-3-5-19/h1-13,18H,14-17H2. The first-order valence-electron chi connectivity index (χ1n) is 10.2. The molecule has 5 rings (SSSR count). The van der Waals surface area contributed by atoms with E-state index in [1.807, 2.05) is 29.2 Å². The van der Waals surface area contributed by atoms with Crippen molar-refractivity contribution in [2.45, 2.75) is 18.4 Å². The molecule has 4 heteroatoms. The van der Waals surface area contributed by atoms with Crippen LogP contribution in [0.25, 0.3) is 17.2 Å². The number of halogens is 1. The molecule has 0 unspecified atom stereocenters. The fourth-order valence-corrected chi connectivity index (χ4v) is 4.21. The third-order valence-electron chi connectivity index (χ3n) is 5.98. The zero-order valence-corrected chi connectivity index (χ0v) is 16.6. The summed E-state index contributed by atoms with van der Waals surface area (Å²) in [6.45, 7) is 1.22. The molecule has 1 amide bonds. The Bertz CT molecular complexity index is 1100. The summed E-state index contributed by atoms with van der Waals surface area (Å²) in [6, 6.07) is 22.3. The molecule has 1 spiro atoms. The van der Waals surface area contributed by atoms with E-state index in [9.17, 15) is 9.18 Å². The van der Waals surface area contributed by atoms with Gasteiger partial charge in [-0.3, -0.25) is 4.79 Å². The number of fused-ring (bicyclic) bond motifs is 1. The average molecular weight is 399 g/mol. The van der Waals surface area contributed by atoms with Gasteiger partial charge in [0.1, 0.15) is 17.2 Å². The molecule has 2 aliphatic heterocycles. The maximum Gasteiger partial charge on any atom is 0.253 e. The number of carbonyl (C=O) groups excluding carboxylic acids is 1. The fourth-order valence-electron chi connectivity index (χ4n) is 4.21. The van der Waals surface area contributed by atoms with Gasteiger partial charge in [0.15, 0.2) is 0 Å². The van der Waals surface area contributed by atoms with Crippen LogP contribution in [0.4, 0.5) is 4.39 Å². The normalized spacial score (nSPS) is 16.8. The Morgan fingerprint density at radius 2 is 1.63 bits per heavy atom. The van der Waals surface area contributed by atoms with Crippen LogP contribution in [0, 0.1) is 5.82 Å². The lowest BCUT2D eigenvalue weighted by molar-refractivity contribution is 0.0329. The molecule has 0 aliphatic carbocycles.